The number of H-pyrrole nitrogens is 1. The lowest BCUT2D eigenvalue weighted by Crippen LogP contribution is -2.05. The summed E-state index contributed by atoms with van der Waals surface area (Å²) in [5.74, 6) is 1.02. The maximum absolute atomic E-state index is 13.1. The molecule has 0 bridgehead atoms. The highest BCUT2D eigenvalue weighted by Crippen LogP contribution is 2.33. The molecule has 0 saturated carbocycles. The Balaban J connectivity index is 1.30. The minimum absolute atomic E-state index is 0.120. The quantitative estimate of drug-likeness (QED) is 0.240. The van der Waals surface area contributed by atoms with Crippen LogP contribution in [0.2, 0.25) is 0 Å². The van der Waals surface area contributed by atoms with E-state index in [1.807, 2.05) is 0 Å². The predicted molar refractivity (Wildman–Crippen MR) is 128 cm³/mol. The van der Waals surface area contributed by atoms with E-state index in [1.165, 1.54) is 0 Å². The zero-order valence-electron chi connectivity index (χ0n) is 19.2. The number of nitrogens with zero attached hydrogens (tertiary/aromatic N) is 1. The van der Waals surface area contributed by atoms with E-state index in [1.54, 1.807) is 62.4 Å². The summed E-state index contributed by atoms with van der Waals surface area (Å²) in [6, 6.07) is 15.9. The van der Waals surface area contributed by atoms with E-state index in [4.69, 9.17) is 13.9 Å². The van der Waals surface area contributed by atoms with Crippen molar-refractivity contribution >= 4 is 39.6 Å². The molecule has 5 rings (SSSR count). The topological polar surface area (TPSA) is 89.4 Å². The summed E-state index contributed by atoms with van der Waals surface area (Å²) in [5.41, 5.74) is 1.66. The second-order valence-corrected chi connectivity index (χ2v) is 8.05. The van der Waals surface area contributed by atoms with Gasteiger partial charge in [0.15, 0.2) is 0 Å². The van der Waals surface area contributed by atoms with Crippen molar-refractivity contribution in [2.24, 2.45) is 0 Å². The minimum atomic E-state index is -4.43. The highest BCUT2D eigenvalue weighted by atomic mass is 19.4. The van der Waals surface area contributed by atoms with E-state index < -0.39 is 17.7 Å². The number of carbonyl (C=O) groups excluding carboxylic acids is 1. The number of nitrogens with one attached hydrogen (secondary N) is 2. The SMILES string of the molecule is CCOC(=O)c1cc2cc(Oc3ccc(Nc4nc5c(C)cc(C(F)(F)F)cc5[nH]4)cc3)ccc2o1. The van der Waals surface area contributed by atoms with Gasteiger partial charge in [-0.25, -0.2) is 9.78 Å². The molecular weight excluding hydrogens is 475 g/mol. The second-order valence-electron chi connectivity index (χ2n) is 8.05. The van der Waals surface area contributed by atoms with E-state index in [2.05, 4.69) is 15.3 Å². The Morgan fingerprint density at radius 2 is 1.81 bits per heavy atom. The van der Waals surface area contributed by atoms with Gasteiger partial charge >= 0.3 is 12.1 Å². The Labute approximate surface area is 202 Å². The molecule has 3 aromatic carbocycles. The van der Waals surface area contributed by atoms with Crippen molar-refractivity contribution in [3.8, 4) is 11.5 Å². The Hall–Kier alpha value is -4.47. The standard InChI is InChI=1S/C26H20F3N3O4/c1-3-34-24(33)22-12-15-11-19(8-9-21(15)36-22)35-18-6-4-17(5-7-18)30-25-31-20-13-16(26(27,28)29)10-14(2)23(20)32-25/h4-13H,3H2,1-2H3,(H2,30,31,32). The summed E-state index contributed by atoms with van der Waals surface area (Å²) < 4.78 is 55.7. The maximum atomic E-state index is 13.1. The molecule has 0 fully saturated rings. The number of esters is 1. The van der Waals surface area contributed by atoms with E-state index in [0.29, 0.717) is 50.7 Å². The van der Waals surface area contributed by atoms with Crippen molar-refractivity contribution in [3.63, 3.8) is 0 Å². The number of halogens is 3. The van der Waals surface area contributed by atoms with Crippen LogP contribution in [-0.2, 0) is 10.9 Å². The Bertz CT molecular complexity index is 1570. The van der Waals surface area contributed by atoms with Gasteiger partial charge in [-0.2, -0.15) is 13.2 Å². The predicted octanol–water partition coefficient (Wildman–Crippen LogP) is 7.35. The molecule has 0 atom stereocenters. The first-order valence-corrected chi connectivity index (χ1v) is 11.0. The third kappa shape index (κ3) is 4.70. The van der Waals surface area contributed by atoms with Crippen LogP contribution >= 0.6 is 0 Å². The number of anilines is 2. The minimum Gasteiger partial charge on any atom is -0.460 e. The van der Waals surface area contributed by atoms with Gasteiger partial charge in [0.25, 0.3) is 0 Å². The first-order valence-electron chi connectivity index (χ1n) is 11.0. The summed E-state index contributed by atoms with van der Waals surface area (Å²) in [6.45, 7) is 3.56. The van der Waals surface area contributed by atoms with Crippen molar-refractivity contribution in [3.05, 3.63) is 77.6 Å². The monoisotopic (exact) mass is 495 g/mol. The highest BCUT2D eigenvalue weighted by Gasteiger charge is 2.31. The Morgan fingerprint density at radius 3 is 2.53 bits per heavy atom. The number of aromatic amines is 1. The summed E-state index contributed by atoms with van der Waals surface area (Å²) in [7, 11) is 0. The van der Waals surface area contributed by atoms with Gasteiger partial charge in [-0.15, -0.1) is 0 Å². The number of imidazole rings is 1. The lowest BCUT2D eigenvalue weighted by atomic mass is 10.1. The third-order valence-corrected chi connectivity index (χ3v) is 5.42. The van der Waals surface area contributed by atoms with E-state index >= 15 is 0 Å². The van der Waals surface area contributed by atoms with E-state index in [0.717, 1.165) is 12.1 Å². The average Bonchev–Trinajstić information content (AvgIpc) is 3.44. The van der Waals surface area contributed by atoms with E-state index in [9.17, 15) is 18.0 Å². The van der Waals surface area contributed by atoms with Gasteiger partial charge in [0.1, 0.15) is 17.1 Å². The molecule has 184 valence electrons. The number of furan rings is 1. The van der Waals surface area contributed by atoms with Crippen LogP contribution in [0.3, 0.4) is 0 Å². The van der Waals surface area contributed by atoms with Crippen LogP contribution in [0.1, 0.15) is 28.6 Å². The number of rotatable bonds is 6. The second kappa shape index (κ2) is 8.95. The van der Waals surface area contributed by atoms with Crippen LogP contribution in [0.25, 0.3) is 22.0 Å². The fourth-order valence-electron chi connectivity index (χ4n) is 3.78. The molecule has 0 aliphatic rings. The molecule has 7 nitrogen and oxygen atoms in total. The number of hydrogen-bond acceptors (Lipinski definition) is 6. The van der Waals surface area contributed by atoms with Gasteiger partial charge in [0.05, 0.1) is 23.2 Å². The maximum Gasteiger partial charge on any atom is 0.416 e. The van der Waals surface area contributed by atoms with Gasteiger partial charge in [-0.05, 0) is 80.1 Å². The van der Waals surface area contributed by atoms with Crippen molar-refractivity contribution in [1.29, 1.82) is 0 Å². The number of aryl methyl sites for hydroxylation is 1. The van der Waals surface area contributed by atoms with Gasteiger partial charge < -0.3 is 24.2 Å². The number of aromatic nitrogens is 2. The Morgan fingerprint density at radius 1 is 1.06 bits per heavy atom. The summed E-state index contributed by atoms with van der Waals surface area (Å²) in [6.07, 6.45) is -4.43. The fraction of sp³-hybridized carbons (Fsp3) is 0.154. The number of alkyl halides is 3. The molecule has 36 heavy (non-hydrogen) atoms. The molecule has 5 aromatic rings. The van der Waals surface area contributed by atoms with E-state index in [-0.39, 0.29) is 12.4 Å². The smallest absolute Gasteiger partial charge is 0.416 e. The highest BCUT2D eigenvalue weighted by molar-refractivity contribution is 5.93. The lowest BCUT2D eigenvalue weighted by molar-refractivity contribution is -0.137. The summed E-state index contributed by atoms with van der Waals surface area (Å²) >= 11 is 0. The first-order chi connectivity index (χ1) is 17.2. The van der Waals surface area contributed by atoms with Gasteiger partial charge in [-0.3, -0.25) is 0 Å². The number of fused-ring (bicyclic) bond motifs is 2. The number of hydrogen-bond donors (Lipinski definition) is 2. The zero-order chi connectivity index (χ0) is 25.4. The average molecular weight is 495 g/mol. The van der Waals surface area contributed by atoms with Gasteiger partial charge in [-0.1, -0.05) is 0 Å². The van der Waals surface area contributed by atoms with Gasteiger partial charge in [0.2, 0.25) is 11.7 Å². The molecule has 2 aromatic heterocycles. The molecule has 0 aliphatic carbocycles. The normalized spacial score (nSPS) is 11.7. The number of carbonyl (C=O) groups is 1. The molecule has 0 saturated heterocycles. The molecule has 0 amide bonds. The molecular formula is C26H20F3N3O4. The van der Waals surface area contributed by atoms with Crippen molar-refractivity contribution in [2.75, 3.05) is 11.9 Å². The third-order valence-electron chi connectivity index (χ3n) is 5.42. The van der Waals surface area contributed by atoms with Crippen LogP contribution in [0.15, 0.2) is 65.1 Å². The first kappa shape index (κ1) is 23.3. The zero-order valence-corrected chi connectivity index (χ0v) is 19.2. The van der Waals surface area contributed by atoms with Crippen LogP contribution in [0, 0.1) is 6.92 Å². The number of benzene rings is 3. The van der Waals surface area contributed by atoms with Gasteiger partial charge in [0, 0.05) is 11.1 Å². The van der Waals surface area contributed by atoms with Crippen LogP contribution < -0.4 is 10.1 Å². The fourth-order valence-corrected chi connectivity index (χ4v) is 3.78. The molecule has 0 spiro atoms. The molecule has 2 heterocycles. The molecule has 0 unspecified atom stereocenters. The summed E-state index contributed by atoms with van der Waals surface area (Å²) in [5, 5.41) is 3.75. The molecule has 0 radical (unpaired) electrons. The molecule has 0 aliphatic heterocycles. The van der Waals surface area contributed by atoms with Crippen LogP contribution in [0.5, 0.6) is 11.5 Å². The van der Waals surface area contributed by atoms with Crippen molar-refractivity contribution in [1.82, 2.24) is 9.97 Å². The van der Waals surface area contributed by atoms with Crippen LogP contribution in [0.4, 0.5) is 24.8 Å². The molecule has 10 heteroatoms. The number of ether oxygens (including phenoxy) is 2. The Kier molecular flexibility index (Phi) is 5.79. The van der Waals surface area contributed by atoms with Crippen LogP contribution in [-0.4, -0.2) is 22.5 Å². The summed E-state index contributed by atoms with van der Waals surface area (Å²) in [4.78, 5) is 19.1. The molecule has 2 N–H and O–H groups in total. The van der Waals surface area contributed by atoms with Crippen molar-refractivity contribution < 1.29 is 31.9 Å². The van der Waals surface area contributed by atoms with Crippen molar-refractivity contribution in [2.45, 2.75) is 20.0 Å². The largest absolute Gasteiger partial charge is 0.460 e. The lowest BCUT2D eigenvalue weighted by Gasteiger charge is -2.07.